The normalized spacial score (nSPS) is 11.3. The van der Waals surface area contributed by atoms with Crippen LogP contribution in [0.1, 0.15) is 0 Å². The van der Waals surface area contributed by atoms with Crippen LogP contribution in [0.2, 0.25) is 5.02 Å². The maximum Gasteiger partial charge on any atom is 0.573 e. The van der Waals surface area contributed by atoms with E-state index in [0.717, 1.165) is 0 Å². The Morgan fingerprint density at radius 1 is 1.40 bits per heavy atom. The maximum absolute atomic E-state index is 12.0. The summed E-state index contributed by atoms with van der Waals surface area (Å²) in [6, 6.07) is 2.56. The number of nitrogens with one attached hydrogen (secondary N) is 1. The molecule has 84 valence electrons. The molecule has 7 heteroatoms. The summed E-state index contributed by atoms with van der Waals surface area (Å²) in [4.78, 5) is 0. The summed E-state index contributed by atoms with van der Waals surface area (Å²) in [6.07, 6.45) is -4.73. The number of anilines is 1. The molecule has 15 heavy (non-hydrogen) atoms. The van der Waals surface area contributed by atoms with Gasteiger partial charge in [0.25, 0.3) is 0 Å². The van der Waals surface area contributed by atoms with Crippen molar-refractivity contribution in [1.82, 2.24) is 0 Å². The Balaban J connectivity index is 3.14. The highest BCUT2D eigenvalue weighted by atomic mass is 79.9. The van der Waals surface area contributed by atoms with E-state index < -0.39 is 6.36 Å². The predicted octanol–water partition coefficient (Wildman–Crippen LogP) is 4.04. The van der Waals surface area contributed by atoms with Crippen molar-refractivity contribution in [3.63, 3.8) is 0 Å². The molecule has 1 aromatic carbocycles. The standard InChI is InChI=1S/C8H6BrClF3NO/c1-14-7-5(15-8(11,12)13)3-2-4(9)6(7)10/h2-3,14H,1H3. The summed E-state index contributed by atoms with van der Waals surface area (Å²) in [5, 5.41) is 2.68. The average Bonchev–Trinajstić information content (AvgIpc) is 2.10. The number of benzene rings is 1. The molecule has 0 aliphatic heterocycles. The number of ether oxygens (including phenoxy) is 1. The van der Waals surface area contributed by atoms with Gasteiger partial charge >= 0.3 is 6.36 Å². The summed E-state index contributed by atoms with van der Waals surface area (Å²) >= 11 is 8.86. The molecule has 0 spiro atoms. The number of rotatable bonds is 2. The number of alkyl halides is 3. The minimum absolute atomic E-state index is 0.0865. The van der Waals surface area contributed by atoms with Gasteiger partial charge in [-0.2, -0.15) is 0 Å². The SMILES string of the molecule is CNc1c(OC(F)(F)F)ccc(Br)c1Cl. The molecule has 0 bridgehead atoms. The highest BCUT2D eigenvalue weighted by molar-refractivity contribution is 9.10. The van der Waals surface area contributed by atoms with Gasteiger partial charge in [0.2, 0.25) is 0 Å². The van der Waals surface area contributed by atoms with Crippen molar-refractivity contribution in [2.75, 3.05) is 12.4 Å². The van der Waals surface area contributed by atoms with E-state index in [1.54, 1.807) is 0 Å². The molecule has 0 fully saturated rings. The van der Waals surface area contributed by atoms with E-state index in [2.05, 4.69) is 26.0 Å². The van der Waals surface area contributed by atoms with E-state index in [9.17, 15) is 13.2 Å². The molecule has 0 aliphatic rings. The number of hydrogen-bond acceptors (Lipinski definition) is 2. The minimum Gasteiger partial charge on any atom is -0.404 e. The molecule has 2 nitrogen and oxygen atoms in total. The van der Waals surface area contributed by atoms with Crippen molar-refractivity contribution in [3.05, 3.63) is 21.6 Å². The first-order chi connectivity index (χ1) is 6.85. The van der Waals surface area contributed by atoms with E-state index in [-0.39, 0.29) is 16.5 Å². The summed E-state index contributed by atoms with van der Waals surface area (Å²) < 4.78 is 40.2. The second-order valence-electron chi connectivity index (χ2n) is 2.53. The van der Waals surface area contributed by atoms with Crippen LogP contribution in [0.4, 0.5) is 18.9 Å². The Kier molecular flexibility index (Phi) is 3.72. The summed E-state index contributed by atoms with van der Waals surface area (Å²) in [5.74, 6) is -0.363. The van der Waals surface area contributed by atoms with Crippen molar-refractivity contribution in [3.8, 4) is 5.75 Å². The van der Waals surface area contributed by atoms with Gasteiger partial charge in [-0.25, -0.2) is 0 Å². The van der Waals surface area contributed by atoms with Gasteiger partial charge in [0.15, 0.2) is 5.75 Å². The van der Waals surface area contributed by atoms with Crippen LogP contribution in [0, 0.1) is 0 Å². The molecule has 0 saturated carbocycles. The molecule has 1 N–H and O–H groups in total. The largest absolute Gasteiger partial charge is 0.573 e. The van der Waals surface area contributed by atoms with Crippen LogP contribution < -0.4 is 10.1 Å². The van der Waals surface area contributed by atoms with Gasteiger partial charge in [0.1, 0.15) is 0 Å². The first-order valence-electron chi connectivity index (χ1n) is 3.76. The first-order valence-corrected chi connectivity index (χ1v) is 4.93. The molecule has 0 saturated heterocycles. The summed E-state index contributed by atoms with van der Waals surface area (Å²) in [6.45, 7) is 0. The quantitative estimate of drug-likeness (QED) is 0.890. The van der Waals surface area contributed by atoms with Crippen LogP contribution in [0.15, 0.2) is 16.6 Å². The van der Waals surface area contributed by atoms with Crippen LogP contribution >= 0.6 is 27.5 Å². The highest BCUT2D eigenvalue weighted by Crippen LogP contribution is 2.39. The fourth-order valence-electron chi connectivity index (χ4n) is 0.976. The predicted molar refractivity (Wildman–Crippen MR) is 55.4 cm³/mol. The van der Waals surface area contributed by atoms with E-state index in [0.29, 0.717) is 4.47 Å². The molecule has 0 amide bonds. The van der Waals surface area contributed by atoms with Crippen molar-refractivity contribution >= 4 is 33.2 Å². The zero-order chi connectivity index (χ0) is 11.6. The molecular weight excluding hydrogens is 298 g/mol. The third-order valence-corrected chi connectivity index (χ3v) is 2.81. The van der Waals surface area contributed by atoms with E-state index in [1.807, 2.05) is 0 Å². The highest BCUT2D eigenvalue weighted by Gasteiger charge is 2.32. The Hall–Kier alpha value is -0.620. The lowest BCUT2D eigenvalue weighted by Crippen LogP contribution is -2.18. The molecule has 0 atom stereocenters. The average molecular weight is 304 g/mol. The Morgan fingerprint density at radius 2 is 2.00 bits per heavy atom. The van der Waals surface area contributed by atoms with Gasteiger partial charge in [-0.3, -0.25) is 0 Å². The van der Waals surface area contributed by atoms with Gasteiger partial charge in [0, 0.05) is 11.5 Å². The summed E-state index contributed by atoms with van der Waals surface area (Å²) in [7, 11) is 1.46. The lowest BCUT2D eigenvalue weighted by Gasteiger charge is -2.14. The third kappa shape index (κ3) is 3.17. The second kappa shape index (κ2) is 4.49. The molecular formula is C8H6BrClF3NO. The van der Waals surface area contributed by atoms with E-state index in [4.69, 9.17) is 11.6 Å². The molecule has 0 aromatic heterocycles. The van der Waals surface area contributed by atoms with Crippen LogP contribution in [0.25, 0.3) is 0 Å². The maximum atomic E-state index is 12.0. The van der Waals surface area contributed by atoms with Crippen molar-refractivity contribution in [2.45, 2.75) is 6.36 Å². The van der Waals surface area contributed by atoms with Crippen LogP contribution in [0.5, 0.6) is 5.75 Å². The molecule has 0 heterocycles. The topological polar surface area (TPSA) is 21.3 Å². The summed E-state index contributed by atoms with van der Waals surface area (Å²) in [5.41, 5.74) is 0.0865. The van der Waals surface area contributed by atoms with Crippen LogP contribution in [-0.4, -0.2) is 13.4 Å². The Labute approximate surface area is 97.5 Å². The third-order valence-electron chi connectivity index (χ3n) is 1.53. The van der Waals surface area contributed by atoms with Gasteiger partial charge in [0.05, 0.1) is 10.7 Å². The molecule has 0 unspecified atom stereocenters. The second-order valence-corrected chi connectivity index (χ2v) is 3.76. The molecule has 0 radical (unpaired) electrons. The first kappa shape index (κ1) is 12.4. The zero-order valence-electron chi connectivity index (χ0n) is 7.45. The van der Waals surface area contributed by atoms with Crippen molar-refractivity contribution in [1.29, 1.82) is 0 Å². The molecule has 1 rings (SSSR count). The van der Waals surface area contributed by atoms with Gasteiger partial charge < -0.3 is 10.1 Å². The monoisotopic (exact) mass is 303 g/mol. The van der Waals surface area contributed by atoms with E-state index >= 15 is 0 Å². The fourth-order valence-corrected chi connectivity index (χ4v) is 1.56. The van der Waals surface area contributed by atoms with Gasteiger partial charge in [-0.05, 0) is 28.1 Å². The lowest BCUT2D eigenvalue weighted by atomic mass is 10.3. The van der Waals surface area contributed by atoms with Crippen molar-refractivity contribution in [2.24, 2.45) is 0 Å². The Morgan fingerprint density at radius 3 is 2.47 bits per heavy atom. The number of hydrogen-bond donors (Lipinski definition) is 1. The fraction of sp³-hybridized carbons (Fsp3) is 0.250. The smallest absolute Gasteiger partial charge is 0.404 e. The Bertz CT molecular complexity index is 370. The van der Waals surface area contributed by atoms with Crippen molar-refractivity contribution < 1.29 is 17.9 Å². The lowest BCUT2D eigenvalue weighted by molar-refractivity contribution is -0.274. The van der Waals surface area contributed by atoms with Gasteiger partial charge in [-0.1, -0.05) is 11.6 Å². The molecule has 1 aromatic rings. The van der Waals surface area contributed by atoms with Crippen LogP contribution in [-0.2, 0) is 0 Å². The van der Waals surface area contributed by atoms with E-state index in [1.165, 1.54) is 19.2 Å². The van der Waals surface area contributed by atoms with Crippen LogP contribution in [0.3, 0.4) is 0 Å². The van der Waals surface area contributed by atoms with Gasteiger partial charge in [-0.15, -0.1) is 13.2 Å². The number of halogens is 5. The molecule has 0 aliphatic carbocycles. The minimum atomic E-state index is -4.73. The zero-order valence-corrected chi connectivity index (χ0v) is 9.79.